The van der Waals surface area contributed by atoms with Crippen molar-refractivity contribution in [3.05, 3.63) is 53.0 Å². The number of imidazole rings is 1. The van der Waals surface area contributed by atoms with E-state index in [-0.39, 0.29) is 24.2 Å². The SMILES string of the molecule is Cc1onc(-c2ccccc2Cl)c1C(=O)N1CC(S(=O)(=O)c2nccn2C)C1. The molecule has 0 spiro atoms. The van der Waals surface area contributed by atoms with E-state index in [0.29, 0.717) is 27.6 Å². The fourth-order valence-corrected chi connectivity index (χ4v) is 5.14. The number of carbonyl (C=O) groups is 1. The van der Waals surface area contributed by atoms with Gasteiger partial charge in [-0.25, -0.2) is 13.4 Å². The molecule has 1 saturated heterocycles. The van der Waals surface area contributed by atoms with E-state index in [4.69, 9.17) is 16.1 Å². The number of hydrogen-bond acceptors (Lipinski definition) is 6. The summed E-state index contributed by atoms with van der Waals surface area (Å²) < 4.78 is 32.0. The minimum atomic E-state index is -3.61. The Kier molecular flexibility index (Phi) is 4.51. The lowest BCUT2D eigenvalue weighted by atomic mass is 10.0. The Balaban J connectivity index is 1.58. The molecule has 3 heterocycles. The Hall–Kier alpha value is -2.65. The number of hydrogen-bond donors (Lipinski definition) is 0. The van der Waals surface area contributed by atoms with Crippen molar-refractivity contribution in [1.82, 2.24) is 19.6 Å². The fourth-order valence-electron chi connectivity index (χ4n) is 3.19. The summed E-state index contributed by atoms with van der Waals surface area (Å²) in [5.74, 6) is 0.0234. The van der Waals surface area contributed by atoms with E-state index in [1.54, 1.807) is 44.4 Å². The van der Waals surface area contributed by atoms with Crippen LogP contribution in [0.5, 0.6) is 0 Å². The van der Waals surface area contributed by atoms with Gasteiger partial charge in [0.1, 0.15) is 22.3 Å². The molecule has 2 aromatic heterocycles. The predicted octanol–water partition coefficient (Wildman–Crippen LogP) is 2.34. The summed E-state index contributed by atoms with van der Waals surface area (Å²) in [5.41, 5.74) is 1.23. The van der Waals surface area contributed by atoms with E-state index >= 15 is 0 Å². The minimum absolute atomic E-state index is 0.00233. The quantitative estimate of drug-likeness (QED) is 0.642. The highest BCUT2D eigenvalue weighted by Gasteiger charge is 2.43. The maximum absolute atomic E-state index is 13.0. The normalized spacial score (nSPS) is 14.9. The molecule has 0 atom stereocenters. The van der Waals surface area contributed by atoms with Crippen molar-refractivity contribution in [1.29, 1.82) is 0 Å². The van der Waals surface area contributed by atoms with Crippen molar-refractivity contribution in [3.63, 3.8) is 0 Å². The Morgan fingerprint density at radius 3 is 2.64 bits per heavy atom. The molecule has 0 N–H and O–H groups in total. The fraction of sp³-hybridized carbons (Fsp3) is 0.278. The molecule has 1 amide bonds. The zero-order chi connectivity index (χ0) is 20.1. The van der Waals surface area contributed by atoms with E-state index in [1.807, 2.05) is 0 Å². The molecule has 0 aliphatic carbocycles. The van der Waals surface area contributed by atoms with Crippen LogP contribution in [0.15, 0.2) is 46.3 Å². The van der Waals surface area contributed by atoms with Gasteiger partial charge in [0.25, 0.3) is 5.91 Å². The average Bonchev–Trinajstić information content (AvgIpc) is 3.19. The molecule has 1 fully saturated rings. The Labute approximate surface area is 166 Å². The average molecular weight is 421 g/mol. The maximum Gasteiger partial charge on any atom is 0.259 e. The lowest BCUT2D eigenvalue weighted by Crippen LogP contribution is -2.57. The minimum Gasteiger partial charge on any atom is -0.360 e. The molecule has 3 aromatic rings. The van der Waals surface area contributed by atoms with Crippen LogP contribution in [-0.2, 0) is 16.9 Å². The van der Waals surface area contributed by atoms with Crippen LogP contribution in [-0.4, -0.2) is 52.3 Å². The number of amides is 1. The molecule has 8 nitrogen and oxygen atoms in total. The van der Waals surface area contributed by atoms with Crippen LogP contribution in [0.25, 0.3) is 11.3 Å². The summed E-state index contributed by atoms with van der Waals surface area (Å²) in [5, 5.41) is 3.75. The van der Waals surface area contributed by atoms with Gasteiger partial charge in [-0.3, -0.25) is 4.79 Å². The molecule has 28 heavy (non-hydrogen) atoms. The lowest BCUT2D eigenvalue weighted by molar-refractivity contribution is 0.0657. The Morgan fingerprint density at radius 1 is 1.29 bits per heavy atom. The number of aromatic nitrogens is 3. The van der Waals surface area contributed by atoms with Gasteiger partial charge in [0.2, 0.25) is 15.0 Å². The summed E-state index contributed by atoms with van der Waals surface area (Å²) in [4.78, 5) is 18.4. The van der Waals surface area contributed by atoms with Gasteiger partial charge in [-0.1, -0.05) is 35.0 Å². The predicted molar refractivity (Wildman–Crippen MR) is 102 cm³/mol. The molecule has 1 aliphatic heterocycles. The highest BCUT2D eigenvalue weighted by molar-refractivity contribution is 7.92. The van der Waals surface area contributed by atoms with Gasteiger partial charge in [0, 0.05) is 38.1 Å². The van der Waals surface area contributed by atoms with Gasteiger partial charge in [-0.2, -0.15) is 0 Å². The molecule has 0 bridgehead atoms. The first-order chi connectivity index (χ1) is 13.3. The number of rotatable bonds is 4. The number of nitrogens with zero attached hydrogens (tertiary/aromatic N) is 4. The van der Waals surface area contributed by atoms with Gasteiger partial charge in [0.05, 0.1) is 5.02 Å². The van der Waals surface area contributed by atoms with Crippen LogP contribution in [0, 0.1) is 6.92 Å². The molecule has 146 valence electrons. The highest BCUT2D eigenvalue weighted by atomic mass is 35.5. The van der Waals surface area contributed by atoms with Crippen molar-refractivity contribution >= 4 is 27.3 Å². The monoisotopic (exact) mass is 420 g/mol. The van der Waals surface area contributed by atoms with E-state index in [2.05, 4.69) is 10.1 Å². The molecule has 10 heteroatoms. The summed E-state index contributed by atoms with van der Waals surface area (Å²) in [6.45, 7) is 1.81. The third-order valence-electron chi connectivity index (χ3n) is 4.81. The molecule has 4 rings (SSSR count). The summed E-state index contributed by atoms with van der Waals surface area (Å²) in [6, 6.07) is 7.02. The number of benzene rings is 1. The van der Waals surface area contributed by atoms with Crippen LogP contribution < -0.4 is 0 Å². The summed E-state index contributed by atoms with van der Waals surface area (Å²) in [6.07, 6.45) is 3.01. The summed E-state index contributed by atoms with van der Waals surface area (Å²) >= 11 is 6.23. The maximum atomic E-state index is 13.0. The number of carbonyl (C=O) groups excluding carboxylic acids is 1. The zero-order valence-corrected chi connectivity index (χ0v) is 16.7. The smallest absolute Gasteiger partial charge is 0.259 e. The molecular formula is C18H17ClN4O4S. The third-order valence-corrected chi connectivity index (χ3v) is 7.22. The van der Waals surface area contributed by atoms with Gasteiger partial charge < -0.3 is 14.0 Å². The number of halogens is 1. The van der Waals surface area contributed by atoms with Gasteiger partial charge in [0.15, 0.2) is 0 Å². The second-order valence-electron chi connectivity index (χ2n) is 6.64. The highest BCUT2D eigenvalue weighted by Crippen LogP contribution is 2.33. The third kappa shape index (κ3) is 2.91. The van der Waals surface area contributed by atoms with Crippen LogP contribution in [0.4, 0.5) is 0 Å². The second-order valence-corrected chi connectivity index (χ2v) is 9.17. The Morgan fingerprint density at radius 2 is 2.00 bits per heavy atom. The van der Waals surface area contributed by atoms with Crippen molar-refractivity contribution in [2.45, 2.75) is 17.3 Å². The number of likely N-dealkylation sites (tertiary alicyclic amines) is 1. The first-order valence-electron chi connectivity index (χ1n) is 8.52. The van der Waals surface area contributed by atoms with E-state index in [0.717, 1.165) is 0 Å². The summed E-state index contributed by atoms with van der Waals surface area (Å²) in [7, 11) is -1.98. The van der Waals surface area contributed by atoms with Crippen LogP contribution in [0.1, 0.15) is 16.1 Å². The lowest BCUT2D eigenvalue weighted by Gasteiger charge is -2.38. The number of aryl methyl sites for hydroxylation is 2. The van der Waals surface area contributed by atoms with Gasteiger partial charge in [-0.15, -0.1) is 0 Å². The Bertz CT molecular complexity index is 1160. The molecule has 0 radical (unpaired) electrons. The molecular weight excluding hydrogens is 404 g/mol. The van der Waals surface area contributed by atoms with E-state index < -0.39 is 15.1 Å². The van der Waals surface area contributed by atoms with Crippen LogP contribution >= 0.6 is 11.6 Å². The van der Waals surface area contributed by atoms with Gasteiger partial charge >= 0.3 is 0 Å². The van der Waals surface area contributed by atoms with Crippen LogP contribution in [0.3, 0.4) is 0 Å². The first-order valence-corrected chi connectivity index (χ1v) is 10.4. The molecule has 1 aromatic carbocycles. The second kappa shape index (κ2) is 6.75. The first kappa shape index (κ1) is 18.7. The molecule has 0 unspecified atom stereocenters. The number of sulfone groups is 1. The molecule has 1 aliphatic rings. The zero-order valence-electron chi connectivity index (χ0n) is 15.2. The topological polar surface area (TPSA) is 98.3 Å². The van der Waals surface area contributed by atoms with Crippen molar-refractivity contribution < 1.29 is 17.7 Å². The largest absolute Gasteiger partial charge is 0.360 e. The van der Waals surface area contributed by atoms with Crippen molar-refractivity contribution in [3.8, 4) is 11.3 Å². The van der Waals surface area contributed by atoms with E-state index in [9.17, 15) is 13.2 Å². The van der Waals surface area contributed by atoms with Gasteiger partial charge in [-0.05, 0) is 13.0 Å². The van der Waals surface area contributed by atoms with E-state index in [1.165, 1.54) is 15.7 Å². The van der Waals surface area contributed by atoms with Crippen molar-refractivity contribution in [2.24, 2.45) is 7.05 Å². The van der Waals surface area contributed by atoms with Crippen LogP contribution in [0.2, 0.25) is 5.02 Å². The standard InChI is InChI=1S/C18H17ClN4O4S/c1-11-15(16(21-27-11)13-5-3-4-6-14(13)19)17(24)23-9-12(10-23)28(25,26)18-20-7-8-22(18)2/h3-8,12H,9-10H2,1-2H3. The van der Waals surface area contributed by atoms with Crippen molar-refractivity contribution in [2.75, 3.05) is 13.1 Å². The molecule has 0 saturated carbocycles.